The van der Waals surface area contributed by atoms with Crippen LogP contribution in [-0.4, -0.2) is 19.9 Å². The van der Waals surface area contributed by atoms with Crippen LogP contribution in [0.25, 0.3) is 122 Å². The number of nitrogens with zero attached hydrogens (tertiary/aromatic N) is 4. The van der Waals surface area contributed by atoms with Gasteiger partial charge in [-0.3, -0.25) is 0 Å². The summed E-state index contributed by atoms with van der Waals surface area (Å²) < 4.78 is 0. The van der Waals surface area contributed by atoms with E-state index in [-0.39, 0.29) is 0 Å². The van der Waals surface area contributed by atoms with E-state index in [9.17, 15) is 0 Å². The second-order valence-corrected chi connectivity index (χ2v) is 16.6. The highest BCUT2D eigenvalue weighted by atomic mass is 14.9. The van der Waals surface area contributed by atoms with Crippen molar-refractivity contribution in [1.82, 2.24) is 19.9 Å². The molecule has 3 aromatic heterocycles. The Morgan fingerprint density at radius 3 is 1.18 bits per heavy atom. The van der Waals surface area contributed by atoms with Gasteiger partial charge >= 0.3 is 0 Å². The van der Waals surface area contributed by atoms with Gasteiger partial charge in [-0.05, 0) is 68.4 Å². The number of benzene rings is 9. The van der Waals surface area contributed by atoms with Gasteiger partial charge in [-0.25, -0.2) is 19.9 Å². The smallest absolute Gasteiger partial charge is 0.160 e. The highest BCUT2D eigenvalue weighted by Gasteiger charge is 2.16. The maximum atomic E-state index is 5.34. The van der Waals surface area contributed by atoms with E-state index >= 15 is 0 Å². The molecule has 308 valence electrons. The number of pyridine rings is 2. The minimum absolute atomic E-state index is 0.668. The van der Waals surface area contributed by atoms with Gasteiger partial charge in [0.2, 0.25) is 0 Å². The van der Waals surface area contributed by atoms with E-state index in [1.807, 2.05) is 30.3 Å². The summed E-state index contributed by atoms with van der Waals surface area (Å²) in [6, 6.07) is 85.2. The molecule has 9 aromatic carbocycles. The van der Waals surface area contributed by atoms with E-state index in [1.54, 1.807) is 0 Å². The van der Waals surface area contributed by atoms with Gasteiger partial charge in [0.1, 0.15) is 0 Å². The topological polar surface area (TPSA) is 51.6 Å². The normalized spacial score (nSPS) is 11.3. The van der Waals surface area contributed by atoms with Crippen molar-refractivity contribution in [2.75, 3.05) is 0 Å². The van der Waals surface area contributed by atoms with E-state index in [1.165, 1.54) is 11.1 Å². The fraction of sp³-hybridized carbons (Fsp3) is 0. The number of rotatable bonds is 8. The zero-order chi connectivity index (χ0) is 43.8. The molecule has 4 heteroatoms. The molecule has 66 heavy (non-hydrogen) atoms. The highest BCUT2D eigenvalue weighted by Crippen LogP contribution is 2.38. The highest BCUT2D eigenvalue weighted by molar-refractivity contribution is 6.07. The maximum Gasteiger partial charge on any atom is 0.160 e. The average Bonchev–Trinajstić information content (AvgIpc) is 3.41. The van der Waals surface area contributed by atoms with Gasteiger partial charge in [-0.1, -0.05) is 218 Å². The average molecular weight is 841 g/mol. The molecule has 0 aliphatic heterocycles. The minimum Gasteiger partial charge on any atom is -0.245 e. The van der Waals surface area contributed by atoms with Crippen molar-refractivity contribution in [3.8, 4) is 89.8 Å². The number of hydrogen-bond donors (Lipinski definition) is 0. The zero-order valence-electron chi connectivity index (χ0n) is 35.9. The quantitative estimate of drug-likeness (QED) is 0.143. The number of hydrogen-bond acceptors (Lipinski definition) is 4. The molecule has 0 fully saturated rings. The van der Waals surface area contributed by atoms with Crippen molar-refractivity contribution in [3.05, 3.63) is 243 Å². The molecule has 12 aromatic rings. The van der Waals surface area contributed by atoms with Crippen molar-refractivity contribution in [3.63, 3.8) is 0 Å². The molecule has 0 N–H and O–H groups in total. The number of fused-ring (bicyclic) bond motifs is 4. The maximum absolute atomic E-state index is 5.34. The third kappa shape index (κ3) is 7.36. The SMILES string of the molecule is c1ccc(-c2ccc(-c3cc(-c4ccc(-c5ccccc5)cc4)nc(-c4cccc(-c5ccc(-c6ccc7ccc8ccc(-c9ccccc9)nc8c7n6)c6ccccc56)c4)n3)cc2)cc1. The lowest BCUT2D eigenvalue weighted by atomic mass is 9.92. The Bertz CT molecular complexity index is 3620. The van der Waals surface area contributed by atoms with Crippen LogP contribution in [0.3, 0.4) is 0 Å². The predicted octanol–water partition coefficient (Wildman–Crippen LogP) is 16.1. The second-order valence-electron chi connectivity index (χ2n) is 16.6. The van der Waals surface area contributed by atoms with E-state index in [0.717, 1.165) is 105 Å². The van der Waals surface area contributed by atoms with Crippen LogP contribution < -0.4 is 0 Å². The van der Waals surface area contributed by atoms with Crippen molar-refractivity contribution in [2.24, 2.45) is 0 Å². The summed E-state index contributed by atoms with van der Waals surface area (Å²) in [6.45, 7) is 0. The monoisotopic (exact) mass is 840 g/mol. The summed E-state index contributed by atoms with van der Waals surface area (Å²) >= 11 is 0. The largest absolute Gasteiger partial charge is 0.245 e. The Hall–Kier alpha value is -8.86. The van der Waals surface area contributed by atoms with Crippen LogP contribution in [0.2, 0.25) is 0 Å². The van der Waals surface area contributed by atoms with Gasteiger partial charge < -0.3 is 0 Å². The van der Waals surface area contributed by atoms with Crippen molar-refractivity contribution in [2.45, 2.75) is 0 Å². The van der Waals surface area contributed by atoms with Gasteiger partial charge in [0.15, 0.2) is 5.82 Å². The molecule has 0 saturated carbocycles. The molecule has 0 amide bonds. The first-order valence-corrected chi connectivity index (χ1v) is 22.3. The Labute approximate surface area is 383 Å². The van der Waals surface area contributed by atoms with Crippen LogP contribution in [0, 0.1) is 0 Å². The van der Waals surface area contributed by atoms with Crippen LogP contribution in [0.15, 0.2) is 243 Å². The summed E-state index contributed by atoms with van der Waals surface area (Å²) in [6.07, 6.45) is 0. The van der Waals surface area contributed by atoms with Crippen LogP contribution in [-0.2, 0) is 0 Å². The lowest BCUT2D eigenvalue weighted by Crippen LogP contribution is -1.96. The fourth-order valence-electron chi connectivity index (χ4n) is 9.09. The standard InChI is InChI=1S/C62H40N4/c1-4-13-41(14-5-1)43-23-27-46(28-24-43)58-40-59(47-29-25-44(26-30-47)42-15-6-2-7-16-42)66-62(65-58)51-20-12-19-50(39-51)52-35-36-55(54-22-11-10-21-53(52)54)57-38-34-49-32-31-48-33-37-56(45-17-8-3-9-18-45)63-60(48)61(49)64-57/h1-40H. The summed E-state index contributed by atoms with van der Waals surface area (Å²) in [5.41, 5.74) is 17.4. The lowest BCUT2D eigenvalue weighted by molar-refractivity contribution is 1.18. The molecule has 12 rings (SSSR count). The molecule has 0 spiro atoms. The first-order valence-electron chi connectivity index (χ1n) is 22.3. The molecule has 0 bridgehead atoms. The zero-order valence-corrected chi connectivity index (χ0v) is 35.9. The molecule has 0 aliphatic rings. The molecule has 0 radical (unpaired) electrons. The van der Waals surface area contributed by atoms with E-state index in [2.05, 4.69) is 212 Å². The molecule has 3 heterocycles. The van der Waals surface area contributed by atoms with Crippen LogP contribution in [0.5, 0.6) is 0 Å². The number of aromatic nitrogens is 4. The van der Waals surface area contributed by atoms with Crippen molar-refractivity contribution >= 4 is 32.6 Å². The van der Waals surface area contributed by atoms with Crippen molar-refractivity contribution < 1.29 is 0 Å². The van der Waals surface area contributed by atoms with Gasteiger partial charge in [-0.15, -0.1) is 0 Å². The van der Waals surface area contributed by atoms with Gasteiger partial charge in [0.25, 0.3) is 0 Å². The van der Waals surface area contributed by atoms with Crippen LogP contribution in [0.1, 0.15) is 0 Å². The first-order chi connectivity index (χ1) is 32.7. The molecule has 0 saturated heterocycles. The van der Waals surface area contributed by atoms with Gasteiger partial charge in [0, 0.05) is 38.6 Å². The third-order valence-corrected chi connectivity index (χ3v) is 12.5. The van der Waals surface area contributed by atoms with E-state index in [4.69, 9.17) is 19.9 Å². The second kappa shape index (κ2) is 16.7. The molecular weight excluding hydrogens is 801 g/mol. The van der Waals surface area contributed by atoms with E-state index in [0.29, 0.717) is 5.82 Å². The molecule has 0 atom stereocenters. The Balaban J connectivity index is 0.942. The lowest BCUT2D eigenvalue weighted by Gasteiger charge is -2.14. The van der Waals surface area contributed by atoms with Crippen LogP contribution in [0.4, 0.5) is 0 Å². The Morgan fingerprint density at radius 1 is 0.212 bits per heavy atom. The summed E-state index contributed by atoms with van der Waals surface area (Å²) in [5.74, 6) is 0.668. The Kier molecular flexibility index (Phi) is 9.81. The molecular formula is C62H40N4. The molecule has 0 unspecified atom stereocenters. The van der Waals surface area contributed by atoms with Gasteiger partial charge in [-0.2, -0.15) is 0 Å². The molecule has 0 aliphatic carbocycles. The van der Waals surface area contributed by atoms with E-state index < -0.39 is 0 Å². The summed E-state index contributed by atoms with van der Waals surface area (Å²) in [4.78, 5) is 21.0. The fourth-order valence-corrected chi connectivity index (χ4v) is 9.09. The van der Waals surface area contributed by atoms with Crippen molar-refractivity contribution in [1.29, 1.82) is 0 Å². The Morgan fingerprint density at radius 2 is 0.606 bits per heavy atom. The first kappa shape index (κ1) is 38.8. The summed E-state index contributed by atoms with van der Waals surface area (Å²) in [7, 11) is 0. The summed E-state index contributed by atoms with van der Waals surface area (Å²) in [5, 5.41) is 4.40. The molecule has 4 nitrogen and oxygen atoms in total. The van der Waals surface area contributed by atoms with Crippen LogP contribution >= 0.6 is 0 Å². The van der Waals surface area contributed by atoms with Gasteiger partial charge in [0.05, 0.1) is 33.8 Å². The predicted molar refractivity (Wildman–Crippen MR) is 274 cm³/mol. The minimum atomic E-state index is 0.668. The third-order valence-electron chi connectivity index (χ3n) is 12.5.